The van der Waals surface area contributed by atoms with Crippen molar-refractivity contribution in [2.45, 2.75) is 19.3 Å². The van der Waals surface area contributed by atoms with E-state index in [-0.39, 0.29) is 5.82 Å². The predicted octanol–water partition coefficient (Wildman–Crippen LogP) is 1.81. The molecule has 10 nitrogen and oxygen atoms in total. The quantitative estimate of drug-likeness (QED) is 0.201. The fourth-order valence-corrected chi connectivity index (χ4v) is 2.38. The third-order valence-corrected chi connectivity index (χ3v) is 3.66. The van der Waals surface area contributed by atoms with Gasteiger partial charge in [0.05, 0.1) is 24.4 Å². The van der Waals surface area contributed by atoms with Crippen LogP contribution in [0.25, 0.3) is 11.3 Å². The Labute approximate surface area is 162 Å². The first-order chi connectivity index (χ1) is 13.9. The van der Waals surface area contributed by atoms with Crippen LogP contribution in [0.15, 0.2) is 41.9 Å². The van der Waals surface area contributed by atoms with Crippen LogP contribution in [-0.4, -0.2) is 37.2 Å². The van der Waals surface area contributed by atoms with Crippen LogP contribution in [0.5, 0.6) is 0 Å². The topological polar surface area (TPSA) is 145 Å². The first-order valence-corrected chi connectivity index (χ1v) is 8.24. The van der Waals surface area contributed by atoms with Gasteiger partial charge in [0, 0.05) is 24.5 Å². The van der Waals surface area contributed by atoms with Crippen LogP contribution < -0.4 is 22.3 Å². The number of nitrogens with zero attached hydrogens (tertiary/aromatic N) is 6. The fraction of sp³-hybridized carbons (Fsp3) is 0.188. The summed E-state index contributed by atoms with van der Waals surface area (Å²) in [5, 5.41) is 6.77. The number of anilines is 2. The summed E-state index contributed by atoms with van der Waals surface area (Å²) >= 11 is 0. The third-order valence-electron chi connectivity index (χ3n) is 3.66. The second-order valence-corrected chi connectivity index (χ2v) is 5.79. The Morgan fingerprint density at radius 2 is 1.97 bits per heavy atom. The van der Waals surface area contributed by atoms with Crippen molar-refractivity contribution in [3.63, 3.8) is 0 Å². The molecule has 0 aromatic carbocycles. The molecule has 3 heterocycles. The predicted molar refractivity (Wildman–Crippen MR) is 101 cm³/mol. The summed E-state index contributed by atoms with van der Waals surface area (Å²) < 4.78 is 38.3. The molecule has 3 rings (SSSR count). The molecule has 0 unspecified atom stereocenters. The molecule has 0 radical (unpaired) electrons. The monoisotopic (exact) mass is 406 g/mol. The molecule has 0 saturated carbocycles. The first-order valence-electron chi connectivity index (χ1n) is 8.24. The van der Waals surface area contributed by atoms with Crippen LogP contribution in [-0.2, 0) is 13.1 Å². The summed E-state index contributed by atoms with van der Waals surface area (Å²) in [5.74, 6) is 6.52. The molecule has 0 atom stereocenters. The van der Waals surface area contributed by atoms with Gasteiger partial charge in [-0.1, -0.05) is 6.07 Å². The summed E-state index contributed by atoms with van der Waals surface area (Å²) in [6.45, 7) is -0.842. The van der Waals surface area contributed by atoms with Crippen molar-refractivity contribution in [3.8, 4) is 11.3 Å². The Bertz CT molecular complexity index is 981. The van der Waals surface area contributed by atoms with Crippen molar-refractivity contribution in [2.24, 2.45) is 16.6 Å². The molecule has 0 spiro atoms. The molecule has 0 aliphatic rings. The van der Waals surface area contributed by atoms with Gasteiger partial charge in [-0.15, -0.1) is 0 Å². The molecular weight excluding hydrogens is 389 g/mol. The van der Waals surface area contributed by atoms with Crippen LogP contribution in [0, 0.1) is 0 Å². The Balaban J connectivity index is 1.76. The van der Waals surface area contributed by atoms with Crippen LogP contribution in [0.1, 0.15) is 5.56 Å². The fourth-order valence-electron chi connectivity index (χ4n) is 2.38. The zero-order valence-electron chi connectivity index (χ0n) is 14.9. The number of rotatable bonds is 7. The normalized spacial score (nSPS) is 11.7. The van der Waals surface area contributed by atoms with Crippen LogP contribution in [0.3, 0.4) is 0 Å². The lowest BCUT2D eigenvalue weighted by molar-refractivity contribution is -0.142. The maximum atomic E-state index is 12.5. The maximum absolute atomic E-state index is 12.5. The van der Waals surface area contributed by atoms with E-state index in [1.54, 1.807) is 18.3 Å². The molecule has 6 N–H and O–H groups in total. The molecule has 152 valence electrons. The molecule has 0 aliphatic heterocycles. The average molecular weight is 406 g/mol. The molecule has 0 fully saturated rings. The molecule has 3 aromatic rings. The SMILES string of the molecule is NC=Nc1ccc(CNc2nc(-c3cnn(CC(F)(F)F)c3)cnc2NN)cn1. The number of hydrogen-bond acceptors (Lipinski definition) is 8. The van der Waals surface area contributed by atoms with E-state index in [2.05, 4.69) is 35.8 Å². The van der Waals surface area contributed by atoms with E-state index in [0.29, 0.717) is 29.4 Å². The van der Waals surface area contributed by atoms with E-state index < -0.39 is 12.7 Å². The summed E-state index contributed by atoms with van der Waals surface area (Å²) in [4.78, 5) is 16.5. The maximum Gasteiger partial charge on any atom is 0.408 e. The molecule has 0 bridgehead atoms. The van der Waals surface area contributed by atoms with Gasteiger partial charge >= 0.3 is 6.18 Å². The Morgan fingerprint density at radius 3 is 2.62 bits per heavy atom. The van der Waals surface area contributed by atoms with Gasteiger partial charge in [0.2, 0.25) is 0 Å². The summed E-state index contributed by atoms with van der Waals surface area (Å²) in [5.41, 5.74) is 9.19. The van der Waals surface area contributed by atoms with Gasteiger partial charge in [-0.25, -0.2) is 25.8 Å². The smallest absolute Gasteiger partial charge is 0.390 e. The van der Waals surface area contributed by atoms with Crippen molar-refractivity contribution in [1.29, 1.82) is 0 Å². The number of pyridine rings is 1. The standard InChI is InChI=1S/C16H17F3N10/c17-16(18,19)8-29-7-11(5-26-29)12-6-24-15(28-21)14(27-12)23-4-10-1-2-13(22-3-10)25-9-20/h1-3,5-7,9H,4,8,21H2,(H,23,27)(H,24,28)(H2,20,22,25). The van der Waals surface area contributed by atoms with Crippen molar-refractivity contribution < 1.29 is 13.2 Å². The number of aliphatic imine (C=N–C) groups is 1. The highest BCUT2D eigenvalue weighted by Crippen LogP contribution is 2.24. The van der Waals surface area contributed by atoms with Gasteiger partial charge in [-0.05, 0) is 11.6 Å². The summed E-state index contributed by atoms with van der Waals surface area (Å²) in [6.07, 6.45) is 2.32. The van der Waals surface area contributed by atoms with Crippen molar-refractivity contribution in [3.05, 3.63) is 42.5 Å². The number of aromatic nitrogens is 5. The van der Waals surface area contributed by atoms with E-state index in [0.717, 1.165) is 16.6 Å². The lowest BCUT2D eigenvalue weighted by atomic mass is 10.2. The van der Waals surface area contributed by atoms with Crippen molar-refractivity contribution >= 4 is 23.8 Å². The second-order valence-electron chi connectivity index (χ2n) is 5.79. The van der Waals surface area contributed by atoms with Crippen LogP contribution in [0.4, 0.5) is 30.6 Å². The number of alkyl halides is 3. The molecule has 0 saturated heterocycles. The lowest BCUT2D eigenvalue weighted by Crippen LogP contribution is -2.17. The zero-order valence-corrected chi connectivity index (χ0v) is 14.9. The number of hydrogen-bond donors (Lipinski definition) is 4. The van der Waals surface area contributed by atoms with Gasteiger partial charge in [0.1, 0.15) is 6.54 Å². The number of nitrogen functional groups attached to an aromatic ring is 1. The van der Waals surface area contributed by atoms with Gasteiger partial charge < -0.3 is 16.5 Å². The highest BCUT2D eigenvalue weighted by atomic mass is 19.4. The Kier molecular flexibility index (Phi) is 5.87. The lowest BCUT2D eigenvalue weighted by Gasteiger charge is -2.11. The zero-order chi connectivity index (χ0) is 20.9. The summed E-state index contributed by atoms with van der Waals surface area (Å²) in [7, 11) is 0. The van der Waals surface area contributed by atoms with E-state index >= 15 is 0 Å². The van der Waals surface area contributed by atoms with Crippen LogP contribution >= 0.6 is 0 Å². The van der Waals surface area contributed by atoms with E-state index in [4.69, 9.17) is 11.6 Å². The van der Waals surface area contributed by atoms with Crippen LogP contribution in [0.2, 0.25) is 0 Å². The second kappa shape index (κ2) is 8.52. The highest BCUT2D eigenvalue weighted by Gasteiger charge is 2.28. The minimum Gasteiger partial charge on any atom is -0.390 e. The number of nitrogens with two attached hydrogens (primary N) is 2. The number of hydrazine groups is 1. The highest BCUT2D eigenvalue weighted by molar-refractivity contribution is 5.65. The number of halogens is 3. The van der Waals surface area contributed by atoms with Crippen molar-refractivity contribution in [2.75, 3.05) is 10.7 Å². The van der Waals surface area contributed by atoms with E-state index in [1.165, 1.54) is 18.6 Å². The summed E-state index contributed by atoms with van der Waals surface area (Å²) in [6, 6.07) is 3.50. The molecule has 13 heteroatoms. The number of nitrogens with one attached hydrogen (secondary N) is 2. The molecule has 29 heavy (non-hydrogen) atoms. The van der Waals surface area contributed by atoms with Crippen molar-refractivity contribution in [1.82, 2.24) is 24.7 Å². The van der Waals surface area contributed by atoms with E-state index in [9.17, 15) is 13.2 Å². The van der Waals surface area contributed by atoms with Gasteiger partial charge in [-0.2, -0.15) is 18.3 Å². The van der Waals surface area contributed by atoms with Gasteiger partial charge in [0.25, 0.3) is 0 Å². The minimum atomic E-state index is -4.37. The molecular formula is C16H17F3N10. The van der Waals surface area contributed by atoms with Gasteiger partial charge in [-0.3, -0.25) is 4.68 Å². The molecule has 0 aliphatic carbocycles. The van der Waals surface area contributed by atoms with E-state index in [1.807, 2.05) is 0 Å². The largest absolute Gasteiger partial charge is 0.408 e. The third kappa shape index (κ3) is 5.38. The van der Waals surface area contributed by atoms with Gasteiger partial charge in [0.15, 0.2) is 17.5 Å². The average Bonchev–Trinajstić information content (AvgIpc) is 3.14. The Morgan fingerprint density at radius 1 is 1.14 bits per heavy atom. The molecule has 0 amide bonds. The minimum absolute atomic E-state index is 0.272. The molecule has 3 aromatic heterocycles. The first kappa shape index (κ1) is 20.0. The Hall–Kier alpha value is -3.74.